The standard InChI is InChI=1S/C45H38N4O/c1-2-3-22-39(46)30-16-13-17-31(27-30)43-47-42(29-14-5-4-6-15-29)48-44(49-43)32-25-26-34-33-18-7-8-19-35(33)45(38(34)28-32)36-20-9-11-23-40(36)50-41-24-12-10-21-37(41)45/h2-5,7-14,16-28,42,44,48H,6,15,46H2,1H3,(H,47,49)/b3-2-,39-22-. The Labute approximate surface area is 293 Å². The SMILES string of the molecule is C/C=C\C=C(/N)c1cccc(C2=NC(C3=CC=CCC3)NC(c3ccc4c(c3)C3(c5ccccc5Oc5ccccc53)c3ccccc3-4)N2)c1. The number of para-hydroxylation sites is 2. The molecule has 0 saturated heterocycles. The predicted molar refractivity (Wildman–Crippen MR) is 203 cm³/mol. The normalized spacial score (nSPS) is 19.8. The molecule has 5 aromatic rings. The molecule has 2 atom stereocenters. The summed E-state index contributed by atoms with van der Waals surface area (Å²) in [5.41, 5.74) is 18.4. The Hall–Kier alpha value is -5.91. The van der Waals surface area contributed by atoms with Crippen molar-refractivity contribution in [3.8, 4) is 22.6 Å². The van der Waals surface area contributed by atoms with Gasteiger partial charge in [-0.1, -0.05) is 127 Å². The van der Waals surface area contributed by atoms with Gasteiger partial charge in [0, 0.05) is 22.4 Å². The van der Waals surface area contributed by atoms with Gasteiger partial charge in [0.15, 0.2) is 0 Å². The van der Waals surface area contributed by atoms with Crippen LogP contribution >= 0.6 is 0 Å². The summed E-state index contributed by atoms with van der Waals surface area (Å²) in [5, 5.41) is 7.68. The van der Waals surface area contributed by atoms with Gasteiger partial charge in [0.25, 0.3) is 0 Å². The van der Waals surface area contributed by atoms with E-state index in [0.717, 1.165) is 58.0 Å². The Morgan fingerprint density at radius 2 is 1.56 bits per heavy atom. The monoisotopic (exact) mass is 650 g/mol. The Bertz CT molecular complexity index is 2260. The molecule has 0 saturated carbocycles. The van der Waals surface area contributed by atoms with E-state index >= 15 is 0 Å². The third kappa shape index (κ3) is 4.77. The summed E-state index contributed by atoms with van der Waals surface area (Å²) >= 11 is 0. The first kappa shape index (κ1) is 30.2. The third-order valence-electron chi connectivity index (χ3n) is 10.4. The van der Waals surface area contributed by atoms with Crippen molar-refractivity contribution in [3.63, 3.8) is 0 Å². The molecule has 1 spiro atoms. The summed E-state index contributed by atoms with van der Waals surface area (Å²) in [4.78, 5) is 5.26. The van der Waals surface area contributed by atoms with E-state index in [1.54, 1.807) is 0 Å². The van der Waals surface area contributed by atoms with Gasteiger partial charge in [0.2, 0.25) is 0 Å². The first-order chi connectivity index (χ1) is 24.6. The molecular weight excluding hydrogens is 613 g/mol. The van der Waals surface area contributed by atoms with Crippen LogP contribution in [-0.2, 0) is 5.41 Å². The van der Waals surface area contributed by atoms with Crippen LogP contribution in [0.25, 0.3) is 16.8 Å². The molecule has 2 aliphatic carbocycles. The Morgan fingerprint density at radius 3 is 2.32 bits per heavy atom. The van der Waals surface area contributed by atoms with E-state index in [9.17, 15) is 0 Å². The first-order valence-electron chi connectivity index (χ1n) is 17.4. The molecule has 4 N–H and O–H groups in total. The zero-order valence-corrected chi connectivity index (χ0v) is 27.9. The van der Waals surface area contributed by atoms with Gasteiger partial charge in [-0.2, -0.15) is 0 Å². The van der Waals surface area contributed by atoms with Crippen LogP contribution in [0.5, 0.6) is 11.5 Å². The summed E-state index contributed by atoms with van der Waals surface area (Å²) < 4.78 is 6.56. The molecule has 0 radical (unpaired) electrons. The van der Waals surface area contributed by atoms with Crippen molar-refractivity contribution in [1.29, 1.82) is 0 Å². The molecule has 5 nitrogen and oxygen atoms in total. The van der Waals surface area contributed by atoms with Crippen molar-refractivity contribution in [2.24, 2.45) is 10.7 Å². The average molecular weight is 651 g/mol. The van der Waals surface area contributed by atoms with Crippen molar-refractivity contribution >= 4 is 11.5 Å². The average Bonchev–Trinajstić information content (AvgIpc) is 3.47. The van der Waals surface area contributed by atoms with E-state index in [0.29, 0.717) is 5.70 Å². The number of rotatable bonds is 5. The summed E-state index contributed by atoms with van der Waals surface area (Å²) in [7, 11) is 0. The minimum Gasteiger partial charge on any atom is -0.457 e. The topological polar surface area (TPSA) is 71.7 Å². The highest BCUT2D eigenvalue weighted by molar-refractivity contribution is 6.00. The maximum Gasteiger partial charge on any atom is 0.132 e. The minimum absolute atomic E-state index is 0.176. The molecule has 0 aromatic heterocycles. The number of fused-ring (bicyclic) bond motifs is 9. The minimum atomic E-state index is -0.528. The molecule has 0 bridgehead atoms. The number of amidine groups is 1. The summed E-state index contributed by atoms with van der Waals surface area (Å²) in [6.07, 6.45) is 14.1. The molecule has 0 amide bonds. The molecule has 5 aromatic carbocycles. The van der Waals surface area contributed by atoms with E-state index in [1.807, 2.05) is 31.2 Å². The molecular formula is C45H38N4O. The van der Waals surface area contributed by atoms with Gasteiger partial charge in [-0.25, -0.2) is 4.99 Å². The van der Waals surface area contributed by atoms with Crippen LogP contribution in [0, 0.1) is 0 Å². The molecule has 2 unspecified atom stereocenters. The maximum absolute atomic E-state index is 6.56. The number of aliphatic imine (C=N–C) groups is 1. The zero-order valence-electron chi connectivity index (χ0n) is 27.9. The fraction of sp³-hybridized carbons (Fsp3) is 0.133. The van der Waals surface area contributed by atoms with E-state index in [1.165, 1.54) is 27.8 Å². The van der Waals surface area contributed by atoms with Gasteiger partial charge in [0.05, 0.1) is 5.41 Å². The third-order valence-corrected chi connectivity index (χ3v) is 10.4. The van der Waals surface area contributed by atoms with Crippen LogP contribution in [0.1, 0.15) is 64.9 Å². The largest absolute Gasteiger partial charge is 0.457 e. The molecule has 2 heterocycles. The molecule has 244 valence electrons. The fourth-order valence-electron chi connectivity index (χ4n) is 8.11. The van der Waals surface area contributed by atoms with Gasteiger partial charge in [-0.3, -0.25) is 5.32 Å². The van der Waals surface area contributed by atoms with Crippen LogP contribution < -0.4 is 21.1 Å². The number of hydrogen-bond acceptors (Lipinski definition) is 5. The number of nitrogens with two attached hydrogens (primary N) is 1. The Kier molecular flexibility index (Phi) is 7.36. The van der Waals surface area contributed by atoms with Crippen molar-refractivity contribution in [2.75, 3.05) is 0 Å². The highest BCUT2D eigenvalue weighted by Gasteiger charge is 2.51. The number of allylic oxidation sites excluding steroid dienone is 6. The first-order valence-corrected chi connectivity index (χ1v) is 17.4. The van der Waals surface area contributed by atoms with Gasteiger partial charge < -0.3 is 15.8 Å². The Balaban J connectivity index is 1.20. The van der Waals surface area contributed by atoms with Gasteiger partial charge in [-0.15, -0.1) is 0 Å². The highest BCUT2D eigenvalue weighted by Crippen LogP contribution is 2.62. The molecule has 2 aliphatic heterocycles. The number of benzene rings is 5. The number of nitrogens with zero attached hydrogens (tertiary/aromatic N) is 1. The molecule has 0 fully saturated rings. The van der Waals surface area contributed by atoms with Gasteiger partial charge in [-0.05, 0) is 83.0 Å². The van der Waals surface area contributed by atoms with Crippen molar-refractivity contribution < 1.29 is 4.74 Å². The molecule has 5 heteroatoms. The quantitative estimate of drug-likeness (QED) is 0.162. The van der Waals surface area contributed by atoms with Crippen LogP contribution in [0.15, 0.2) is 162 Å². The smallest absolute Gasteiger partial charge is 0.132 e. The molecule has 9 rings (SSSR count). The summed E-state index contributed by atoms with van der Waals surface area (Å²) in [6.45, 7) is 1.99. The molecule has 4 aliphatic rings. The van der Waals surface area contributed by atoms with Gasteiger partial charge >= 0.3 is 0 Å². The Morgan fingerprint density at radius 1 is 0.820 bits per heavy atom. The van der Waals surface area contributed by atoms with Crippen molar-refractivity contribution in [1.82, 2.24) is 10.6 Å². The van der Waals surface area contributed by atoms with Crippen LogP contribution in [-0.4, -0.2) is 12.0 Å². The highest BCUT2D eigenvalue weighted by atomic mass is 16.5. The second kappa shape index (κ2) is 12.2. The van der Waals surface area contributed by atoms with E-state index in [4.69, 9.17) is 15.5 Å². The lowest BCUT2D eigenvalue weighted by atomic mass is 9.66. The molecule has 50 heavy (non-hydrogen) atoms. The maximum atomic E-state index is 6.56. The second-order valence-corrected chi connectivity index (χ2v) is 13.3. The summed E-state index contributed by atoms with van der Waals surface area (Å²) in [5.74, 6) is 2.63. The van der Waals surface area contributed by atoms with Gasteiger partial charge in [0.1, 0.15) is 29.7 Å². The zero-order chi connectivity index (χ0) is 33.7. The summed E-state index contributed by atoms with van der Waals surface area (Å²) in [6, 6.07) is 41.2. The predicted octanol–water partition coefficient (Wildman–Crippen LogP) is 9.27. The van der Waals surface area contributed by atoms with E-state index in [2.05, 4.69) is 138 Å². The van der Waals surface area contributed by atoms with Crippen molar-refractivity contribution in [2.45, 2.75) is 37.5 Å². The number of hydrogen-bond donors (Lipinski definition) is 3. The van der Waals surface area contributed by atoms with Crippen molar-refractivity contribution in [3.05, 3.63) is 196 Å². The lowest BCUT2D eigenvalue weighted by molar-refractivity contribution is 0.423. The van der Waals surface area contributed by atoms with E-state index < -0.39 is 5.41 Å². The van der Waals surface area contributed by atoms with Crippen LogP contribution in [0.2, 0.25) is 0 Å². The van der Waals surface area contributed by atoms with Crippen LogP contribution in [0.3, 0.4) is 0 Å². The van der Waals surface area contributed by atoms with Crippen LogP contribution in [0.4, 0.5) is 0 Å². The second-order valence-electron chi connectivity index (χ2n) is 13.3. The lowest BCUT2D eigenvalue weighted by Crippen LogP contribution is -2.49. The van der Waals surface area contributed by atoms with E-state index in [-0.39, 0.29) is 12.3 Å². The fourth-order valence-corrected chi connectivity index (χ4v) is 8.11. The number of nitrogens with one attached hydrogen (secondary N) is 2. The number of ether oxygens (including phenoxy) is 1. The lowest BCUT2D eigenvalue weighted by Gasteiger charge is -2.40.